The van der Waals surface area contributed by atoms with Crippen LogP contribution >= 0.6 is 11.8 Å². The molecule has 7 nitrogen and oxygen atoms in total. The van der Waals surface area contributed by atoms with E-state index in [1.165, 1.54) is 22.7 Å². The van der Waals surface area contributed by atoms with Crippen LogP contribution in [0.25, 0.3) is 10.9 Å². The van der Waals surface area contributed by atoms with E-state index in [-0.39, 0.29) is 24.4 Å². The molecular weight excluding hydrogens is 330 g/mol. The third kappa shape index (κ3) is 3.14. The molecule has 1 aliphatic rings. The molecule has 8 heteroatoms. The highest BCUT2D eigenvalue weighted by Crippen LogP contribution is 2.28. The summed E-state index contributed by atoms with van der Waals surface area (Å²) in [4.78, 5) is 40.1. The summed E-state index contributed by atoms with van der Waals surface area (Å²) in [6.45, 7) is 0.158. The molecule has 2 heterocycles. The molecule has 1 fully saturated rings. The Hall–Kier alpha value is -2.35. The van der Waals surface area contributed by atoms with Gasteiger partial charge in [-0.15, -0.1) is 0 Å². The molecule has 3 rings (SSSR count). The van der Waals surface area contributed by atoms with Crippen molar-refractivity contribution in [1.82, 2.24) is 14.9 Å². The lowest BCUT2D eigenvalue weighted by Crippen LogP contribution is -2.54. The fraction of sp³-hybridized carbons (Fsp3) is 0.375. The SMILES string of the molecule is O=C(CCn1cnc2ccccc2c1=O)NC1(C(=O)O)CCSC1. The normalized spacial score (nSPS) is 20.2. The molecule has 0 aliphatic carbocycles. The zero-order valence-corrected chi connectivity index (χ0v) is 13.7. The second kappa shape index (κ2) is 6.64. The number of carboxylic acid groups (broad SMARTS) is 1. The number of nitrogens with one attached hydrogen (secondary N) is 1. The van der Waals surface area contributed by atoms with E-state index >= 15 is 0 Å². The van der Waals surface area contributed by atoms with Crippen molar-refractivity contribution in [3.8, 4) is 0 Å². The van der Waals surface area contributed by atoms with Gasteiger partial charge in [0.25, 0.3) is 5.56 Å². The average molecular weight is 347 g/mol. The molecule has 0 saturated carbocycles. The Morgan fingerprint density at radius 1 is 1.38 bits per heavy atom. The molecule has 0 bridgehead atoms. The predicted molar refractivity (Wildman–Crippen MR) is 91.1 cm³/mol. The van der Waals surface area contributed by atoms with Crippen molar-refractivity contribution in [2.45, 2.75) is 24.9 Å². The second-order valence-electron chi connectivity index (χ2n) is 5.75. The van der Waals surface area contributed by atoms with Crippen LogP contribution in [0, 0.1) is 0 Å². The van der Waals surface area contributed by atoms with E-state index in [1.807, 2.05) is 0 Å². The van der Waals surface area contributed by atoms with Gasteiger partial charge in [-0.1, -0.05) is 12.1 Å². The Labute approximate surface area is 142 Å². The maximum Gasteiger partial charge on any atom is 0.330 e. The Morgan fingerprint density at radius 3 is 2.88 bits per heavy atom. The zero-order chi connectivity index (χ0) is 17.2. The summed E-state index contributed by atoms with van der Waals surface area (Å²) >= 11 is 1.51. The van der Waals surface area contributed by atoms with E-state index in [4.69, 9.17) is 0 Å². The van der Waals surface area contributed by atoms with Crippen molar-refractivity contribution >= 4 is 34.5 Å². The van der Waals surface area contributed by atoms with Crippen molar-refractivity contribution < 1.29 is 14.7 Å². The molecule has 1 aromatic heterocycles. The fourth-order valence-electron chi connectivity index (χ4n) is 2.70. The maximum absolute atomic E-state index is 12.4. The van der Waals surface area contributed by atoms with Crippen LogP contribution in [-0.2, 0) is 16.1 Å². The maximum atomic E-state index is 12.4. The topological polar surface area (TPSA) is 101 Å². The molecule has 126 valence electrons. The van der Waals surface area contributed by atoms with Gasteiger partial charge in [-0.05, 0) is 24.3 Å². The van der Waals surface area contributed by atoms with E-state index in [9.17, 15) is 19.5 Å². The minimum atomic E-state index is -1.19. The van der Waals surface area contributed by atoms with Crippen molar-refractivity contribution in [3.05, 3.63) is 40.9 Å². The van der Waals surface area contributed by atoms with Gasteiger partial charge in [0.15, 0.2) is 0 Å². The van der Waals surface area contributed by atoms with Gasteiger partial charge >= 0.3 is 5.97 Å². The number of aliphatic carboxylic acids is 1. The predicted octanol–water partition coefficient (Wildman–Crippen LogP) is 0.863. The van der Waals surface area contributed by atoms with Gasteiger partial charge in [-0.2, -0.15) is 11.8 Å². The third-order valence-electron chi connectivity index (χ3n) is 4.12. The number of carbonyl (C=O) groups is 2. The minimum absolute atomic E-state index is 0.0274. The van der Waals surface area contributed by atoms with E-state index in [2.05, 4.69) is 10.3 Å². The number of thioether (sulfide) groups is 1. The van der Waals surface area contributed by atoms with E-state index in [0.717, 1.165) is 0 Å². The van der Waals surface area contributed by atoms with Crippen LogP contribution in [0.5, 0.6) is 0 Å². The number of carboxylic acids is 1. The largest absolute Gasteiger partial charge is 0.479 e. The number of aromatic nitrogens is 2. The molecule has 24 heavy (non-hydrogen) atoms. The highest BCUT2D eigenvalue weighted by molar-refractivity contribution is 7.99. The molecule has 1 atom stereocenters. The first-order valence-electron chi connectivity index (χ1n) is 7.58. The number of amides is 1. The van der Waals surface area contributed by atoms with E-state index < -0.39 is 11.5 Å². The second-order valence-corrected chi connectivity index (χ2v) is 6.85. The molecule has 1 amide bonds. The summed E-state index contributed by atoms with van der Waals surface area (Å²) in [5, 5.41) is 12.5. The number of aryl methyl sites for hydroxylation is 1. The summed E-state index contributed by atoms with van der Waals surface area (Å²) in [6, 6.07) is 7.01. The molecule has 0 radical (unpaired) electrons. The lowest BCUT2D eigenvalue weighted by Gasteiger charge is -2.24. The lowest BCUT2D eigenvalue weighted by molar-refractivity contribution is -0.146. The van der Waals surface area contributed by atoms with Crippen LogP contribution in [0.4, 0.5) is 0 Å². The van der Waals surface area contributed by atoms with Crippen molar-refractivity contribution in [2.24, 2.45) is 0 Å². The first-order valence-corrected chi connectivity index (χ1v) is 8.74. The summed E-state index contributed by atoms with van der Waals surface area (Å²) in [5.41, 5.74) is -0.789. The Morgan fingerprint density at radius 2 is 2.17 bits per heavy atom. The number of hydrogen-bond acceptors (Lipinski definition) is 5. The number of benzene rings is 1. The number of carbonyl (C=O) groups excluding carboxylic acids is 1. The zero-order valence-electron chi connectivity index (χ0n) is 12.9. The van der Waals surface area contributed by atoms with Crippen molar-refractivity contribution in [1.29, 1.82) is 0 Å². The molecular formula is C16H17N3O4S. The molecule has 1 saturated heterocycles. The smallest absolute Gasteiger partial charge is 0.330 e. The number of fused-ring (bicyclic) bond motifs is 1. The van der Waals surface area contributed by atoms with Crippen molar-refractivity contribution in [3.63, 3.8) is 0 Å². The van der Waals surface area contributed by atoms with Gasteiger partial charge in [-0.25, -0.2) is 9.78 Å². The van der Waals surface area contributed by atoms with Crippen LogP contribution < -0.4 is 10.9 Å². The summed E-state index contributed by atoms with van der Waals surface area (Å²) in [6.07, 6.45) is 1.85. The van der Waals surface area contributed by atoms with Crippen LogP contribution in [0.1, 0.15) is 12.8 Å². The molecule has 1 aromatic carbocycles. The summed E-state index contributed by atoms with van der Waals surface area (Å²) < 4.78 is 1.37. The summed E-state index contributed by atoms with van der Waals surface area (Å²) in [7, 11) is 0. The van der Waals surface area contributed by atoms with Gasteiger partial charge in [0, 0.05) is 18.7 Å². The molecule has 0 spiro atoms. The minimum Gasteiger partial charge on any atom is -0.479 e. The van der Waals surface area contributed by atoms with Crippen LogP contribution in [0.2, 0.25) is 0 Å². The van der Waals surface area contributed by atoms with Gasteiger partial charge in [0.2, 0.25) is 5.91 Å². The first-order chi connectivity index (χ1) is 11.5. The molecule has 2 N–H and O–H groups in total. The Balaban J connectivity index is 1.69. The van der Waals surface area contributed by atoms with Gasteiger partial charge in [-0.3, -0.25) is 14.2 Å². The average Bonchev–Trinajstić information content (AvgIpc) is 3.04. The highest BCUT2D eigenvalue weighted by atomic mass is 32.2. The van der Waals surface area contributed by atoms with E-state index in [0.29, 0.717) is 28.8 Å². The van der Waals surface area contributed by atoms with Gasteiger partial charge in [0.05, 0.1) is 17.2 Å². The van der Waals surface area contributed by atoms with E-state index in [1.54, 1.807) is 24.3 Å². The Bertz CT molecular complexity index is 843. The van der Waals surface area contributed by atoms with Gasteiger partial charge < -0.3 is 10.4 Å². The fourth-order valence-corrected chi connectivity index (χ4v) is 4.03. The van der Waals surface area contributed by atoms with Crippen LogP contribution in [0.15, 0.2) is 35.4 Å². The molecule has 1 unspecified atom stereocenters. The van der Waals surface area contributed by atoms with Crippen molar-refractivity contribution in [2.75, 3.05) is 11.5 Å². The third-order valence-corrected chi connectivity index (χ3v) is 5.31. The van der Waals surface area contributed by atoms with Gasteiger partial charge in [0.1, 0.15) is 5.54 Å². The lowest BCUT2D eigenvalue weighted by atomic mass is 9.99. The number of hydrogen-bond donors (Lipinski definition) is 2. The standard InChI is InChI=1S/C16H17N3O4S/c20-13(18-16(15(22)23)6-8-24-9-16)5-7-19-10-17-12-4-2-1-3-11(12)14(19)21/h1-4,10H,5-9H2,(H,18,20)(H,22,23). The monoisotopic (exact) mass is 347 g/mol. The quantitative estimate of drug-likeness (QED) is 0.832. The van der Waals surface area contributed by atoms with Crippen LogP contribution in [-0.4, -0.2) is 43.6 Å². The molecule has 2 aromatic rings. The summed E-state index contributed by atoms with van der Waals surface area (Å²) in [5.74, 6) is -0.308. The Kier molecular flexibility index (Phi) is 4.57. The first kappa shape index (κ1) is 16.5. The number of rotatable bonds is 5. The molecule has 1 aliphatic heterocycles. The highest BCUT2D eigenvalue weighted by Gasteiger charge is 2.43. The number of para-hydroxylation sites is 1. The van der Waals surface area contributed by atoms with Crippen LogP contribution in [0.3, 0.4) is 0 Å². The number of nitrogens with zero attached hydrogens (tertiary/aromatic N) is 2.